The number of hydrogen-bond donors (Lipinski definition) is 0. The van der Waals surface area contributed by atoms with E-state index in [1.54, 1.807) is 0 Å². The molecule has 1 aromatic carbocycles. The van der Waals surface area contributed by atoms with Gasteiger partial charge in [-0.2, -0.15) is 0 Å². The summed E-state index contributed by atoms with van der Waals surface area (Å²) in [6, 6.07) is 6.57. The Bertz CT molecular complexity index is 574. The predicted molar refractivity (Wildman–Crippen MR) is 92.2 cm³/mol. The van der Waals surface area contributed by atoms with Crippen molar-refractivity contribution in [3.05, 3.63) is 29.6 Å². The maximum atomic E-state index is 5.97. The summed E-state index contributed by atoms with van der Waals surface area (Å²) in [6.07, 6.45) is 5.97. The molecule has 1 aromatic heterocycles. The average molecular weight is 307 g/mol. The number of unbranched alkanes of at least 4 members (excludes halogenated alkanes) is 1. The lowest BCUT2D eigenvalue weighted by Gasteiger charge is -2.17. The van der Waals surface area contributed by atoms with Crippen LogP contribution in [0.1, 0.15) is 50.9 Å². The van der Waals surface area contributed by atoms with E-state index in [1.807, 2.05) is 0 Å². The van der Waals surface area contributed by atoms with Gasteiger partial charge in [0.05, 0.1) is 11.0 Å². The van der Waals surface area contributed by atoms with Crippen LogP contribution in [0.5, 0.6) is 0 Å². The van der Waals surface area contributed by atoms with Crippen LogP contribution < -0.4 is 0 Å². The molecule has 116 valence electrons. The molecule has 0 N–H and O–H groups in total. The lowest BCUT2D eigenvalue weighted by atomic mass is 9.99. The van der Waals surface area contributed by atoms with E-state index in [1.165, 1.54) is 36.8 Å². The molecule has 0 radical (unpaired) electrons. The zero-order valence-corrected chi connectivity index (χ0v) is 14.3. The van der Waals surface area contributed by atoms with Crippen molar-refractivity contribution in [3.63, 3.8) is 0 Å². The van der Waals surface area contributed by atoms with Crippen LogP contribution in [-0.2, 0) is 13.0 Å². The van der Waals surface area contributed by atoms with E-state index in [0.29, 0.717) is 5.88 Å². The molecule has 0 saturated carbocycles. The standard InChI is InChI=1S/C18H27ClN2/c1-4-6-7-15(5-2)13-21-17-9-8-14(3)12-16(17)20-18(21)10-11-19/h8-9,12,15H,4-7,10-11,13H2,1-3H3. The number of aryl methyl sites for hydroxylation is 2. The molecule has 0 spiro atoms. The number of alkyl halides is 1. The Morgan fingerprint density at radius 2 is 2.10 bits per heavy atom. The number of rotatable bonds is 8. The fourth-order valence-corrected chi connectivity index (χ4v) is 3.11. The maximum absolute atomic E-state index is 5.97. The van der Waals surface area contributed by atoms with Crippen LogP contribution in [0.3, 0.4) is 0 Å². The molecule has 2 nitrogen and oxygen atoms in total. The van der Waals surface area contributed by atoms with Gasteiger partial charge in [-0.05, 0) is 37.0 Å². The Morgan fingerprint density at radius 1 is 1.29 bits per heavy atom. The highest BCUT2D eigenvalue weighted by atomic mass is 35.5. The highest BCUT2D eigenvalue weighted by molar-refractivity contribution is 6.17. The molecule has 1 unspecified atom stereocenters. The minimum absolute atomic E-state index is 0.633. The topological polar surface area (TPSA) is 17.8 Å². The van der Waals surface area contributed by atoms with Crippen molar-refractivity contribution in [2.24, 2.45) is 5.92 Å². The Balaban J connectivity index is 2.32. The Labute approximate surface area is 133 Å². The Kier molecular flexibility index (Phi) is 6.10. The van der Waals surface area contributed by atoms with Gasteiger partial charge >= 0.3 is 0 Å². The number of aromatic nitrogens is 2. The van der Waals surface area contributed by atoms with Crippen molar-refractivity contribution in [1.29, 1.82) is 0 Å². The van der Waals surface area contributed by atoms with Crippen LogP contribution in [0, 0.1) is 12.8 Å². The zero-order chi connectivity index (χ0) is 15.2. The summed E-state index contributed by atoms with van der Waals surface area (Å²) in [6.45, 7) is 7.75. The summed E-state index contributed by atoms with van der Waals surface area (Å²) in [4.78, 5) is 4.81. The van der Waals surface area contributed by atoms with Crippen LogP contribution in [0.2, 0.25) is 0 Å². The molecule has 0 saturated heterocycles. The van der Waals surface area contributed by atoms with Crippen LogP contribution in [0.25, 0.3) is 11.0 Å². The highest BCUT2D eigenvalue weighted by Gasteiger charge is 2.14. The molecular weight excluding hydrogens is 280 g/mol. The van der Waals surface area contributed by atoms with Crippen molar-refractivity contribution in [2.45, 2.75) is 59.4 Å². The molecule has 21 heavy (non-hydrogen) atoms. The SMILES string of the molecule is CCCCC(CC)Cn1c(CCCl)nc2cc(C)ccc21. The second kappa shape index (κ2) is 7.84. The number of benzene rings is 1. The predicted octanol–water partition coefficient (Wildman–Crippen LogP) is 5.34. The van der Waals surface area contributed by atoms with Gasteiger partial charge in [0, 0.05) is 18.8 Å². The summed E-state index contributed by atoms with van der Waals surface area (Å²) >= 11 is 5.97. The van der Waals surface area contributed by atoms with Gasteiger partial charge in [-0.3, -0.25) is 0 Å². The summed E-state index contributed by atoms with van der Waals surface area (Å²) in [5.41, 5.74) is 3.64. The highest BCUT2D eigenvalue weighted by Crippen LogP contribution is 2.23. The minimum Gasteiger partial charge on any atom is -0.328 e. The van der Waals surface area contributed by atoms with E-state index in [2.05, 4.69) is 43.5 Å². The Morgan fingerprint density at radius 3 is 2.76 bits per heavy atom. The normalized spacial score (nSPS) is 13.0. The molecular formula is C18H27ClN2. The third-order valence-electron chi connectivity index (χ3n) is 4.28. The zero-order valence-electron chi connectivity index (χ0n) is 13.5. The Hall–Kier alpha value is -1.02. The van der Waals surface area contributed by atoms with Crippen molar-refractivity contribution >= 4 is 22.6 Å². The lowest BCUT2D eigenvalue weighted by molar-refractivity contribution is 0.390. The van der Waals surface area contributed by atoms with Crippen LogP contribution in [0.15, 0.2) is 18.2 Å². The number of imidazole rings is 1. The van der Waals surface area contributed by atoms with E-state index in [0.717, 1.165) is 30.2 Å². The third kappa shape index (κ3) is 4.00. The van der Waals surface area contributed by atoms with Crippen molar-refractivity contribution in [2.75, 3.05) is 5.88 Å². The first-order chi connectivity index (χ1) is 10.2. The lowest BCUT2D eigenvalue weighted by Crippen LogP contribution is -2.13. The van der Waals surface area contributed by atoms with Crippen LogP contribution >= 0.6 is 11.6 Å². The van der Waals surface area contributed by atoms with Gasteiger partial charge in [0.25, 0.3) is 0 Å². The number of hydrogen-bond acceptors (Lipinski definition) is 1. The molecule has 0 aliphatic carbocycles. The van der Waals surface area contributed by atoms with Crippen LogP contribution in [-0.4, -0.2) is 15.4 Å². The molecule has 0 bridgehead atoms. The molecule has 1 heterocycles. The molecule has 0 aliphatic heterocycles. The first kappa shape index (κ1) is 16.4. The largest absolute Gasteiger partial charge is 0.328 e. The summed E-state index contributed by atoms with van der Waals surface area (Å²) in [5, 5.41) is 0. The molecule has 2 aromatic rings. The second-order valence-electron chi connectivity index (χ2n) is 5.99. The second-order valence-corrected chi connectivity index (χ2v) is 6.36. The van der Waals surface area contributed by atoms with E-state index in [9.17, 15) is 0 Å². The van der Waals surface area contributed by atoms with Gasteiger partial charge in [-0.1, -0.05) is 39.2 Å². The summed E-state index contributed by atoms with van der Waals surface area (Å²) in [7, 11) is 0. The molecule has 1 atom stereocenters. The first-order valence-corrected chi connectivity index (χ1v) is 8.74. The minimum atomic E-state index is 0.633. The summed E-state index contributed by atoms with van der Waals surface area (Å²) < 4.78 is 2.40. The molecule has 2 rings (SSSR count). The van der Waals surface area contributed by atoms with Gasteiger partial charge in [0.2, 0.25) is 0 Å². The van der Waals surface area contributed by atoms with E-state index < -0.39 is 0 Å². The number of nitrogens with zero attached hydrogens (tertiary/aromatic N) is 2. The monoisotopic (exact) mass is 306 g/mol. The third-order valence-corrected chi connectivity index (χ3v) is 4.47. The fourth-order valence-electron chi connectivity index (χ4n) is 2.94. The molecule has 0 fully saturated rings. The van der Waals surface area contributed by atoms with Gasteiger partial charge in [0.1, 0.15) is 5.82 Å². The van der Waals surface area contributed by atoms with Gasteiger partial charge in [-0.25, -0.2) is 4.98 Å². The first-order valence-electron chi connectivity index (χ1n) is 8.21. The summed E-state index contributed by atoms with van der Waals surface area (Å²) in [5.74, 6) is 2.51. The number of halogens is 1. The molecule has 0 aliphatic rings. The van der Waals surface area contributed by atoms with Crippen LogP contribution in [0.4, 0.5) is 0 Å². The molecule has 0 amide bonds. The smallest absolute Gasteiger partial charge is 0.111 e. The number of fused-ring (bicyclic) bond motifs is 1. The molecule has 3 heteroatoms. The van der Waals surface area contributed by atoms with E-state index >= 15 is 0 Å². The maximum Gasteiger partial charge on any atom is 0.111 e. The van der Waals surface area contributed by atoms with Gasteiger partial charge in [0.15, 0.2) is 0 Å². The average Bonchev–Trinajstić information content (AvgIpc) is 2.80. The fraction of sp³-hybridized carbons (Fsp3) is 0.611. The van der Waals surface area contributed by atoms with E-state index in [4.69, 9.17) is 16.6 Å². The van der Waals surface area contributed by atoms with Gasteiger partial charge < -0.3 is 4.57 Å². The van der Waals surface area contributed by atoms with E-state index in [-0.39, 0.29) is 0 Å². The van der Waals surface area contributed by atoms with Crippen molar-refractivity contribution in [3.8, 4) is 0 Å². The quantitative estimate of drug-likeness (QED) is 0.602. The van der Waals surface area contributed by atoms with Crippen molar-refractivity contribution in [1.82, 2.24) is 9.55 Å². The van der Waals surface area contributed by atoms with Gasteiger partial charge in [-0.15, -0.1) is 11.6 Å². The van der Waals surface area contributed by atoms with Crippen molar-refractivity contribution < 1.29 is 0 Å².